The normalized spacial score (nSPS) is 12.7. The molecule has 0 amide bonds. The van der Waals surface area contributed by atoms with Gasteiger partial charge >= 0.3 is 0 Å². The van der Waals surface area contributed by atoms with Crippen LogP contribution in [0.1, 0.15) is 31.9 Å². The highest BCUT2D eigenvalue weighted by molar-refractivity contribution is 14.1. The Morgan fingerprint density at radius 2 is 1.73 bits per heavy atom. The maximum Gasteiger partial charge on any atom is 0.143 e. The Morgan fingerprint density at radius 3 is 2.13 bits per heavy atom. The second-order valence-electron chi connectivity index (χ2n) is 4.48. The highest BCUT2D eigenvalue weighted by Crippen LogP contribution is 2.26. The molecule has 0 atom stereocenters. The van der Waals surface area contributed by atoms with Crippen molar-refractivity contribution in [3.8, 4) is 0 Å². The van der Waals surface area contributed by atoms with Crippen LogP contribution in [0, 0.1) is 0 Å². The van der Waals surface area contributed by atoms with E-state index in [0.29, 0.717) is 0 Å². The Bertz CT molecular complexity index is 369. The number of aldehydes is 1. The standard InChI is InChI=1S/C13H15IO/c1-13(2,3)11-6-4-10(5-7-11)12(14)8-9-15/h4-9H,1-3H3/b12-8-. The molecule has 1 aromatic rings. The fourth-order valence-corrected chi connectivity index (χ4v) is 1.79. The van der Waals surface area contributed by atoms with Gasteiger partial charge in [0.05, 0.1) is 0 Å². The number of allylic oxidation sites excluding steroid dienone is 1. The van der Waals surface area contributed by atoms with E-state index in [4.69, 9.17) is 0 Å². The Kier molecular flexibility index (Phi) is 4.08. The van der Waals surface area contributed by atoms with Crippen LogP contribution in [-0.4, -0.2) is 6.29 Å². The molecule has 1 rings (SSSR count). The zero-order valence-corrected chi connectivity index (χ0v) is 11.4. The summed E-state index contributed by atoms with van der Waals surface area (Å²) in [6.45, 7) is 6.57. The van der Waals surface area contributed by atoms with E-state index in [0.717, 1.165) is 15.4 Å². The van der Waals surface area contributed by atoms with Gasteiger partial charge in [-0.2, -0.15) is 0 Å². The van der Waals surface area contributed by atoms with Crippen LogP contribution in [0.2, 0.25) is 0 Å². The third-order valence-corrected chi connectivity index (χ3v) is 3.22. The Morgan fingerprint density at radius 1 is 1.20 bits per heavy atom. The second-order valence-corrected chi connectivity index (χ2v) is 5.64. The highest BCUT2D eigenvalue weighted by Gasteiger charge is 2.12. The molecule has 0 N–H and O–H groups in total. The van der Waals surface area contributed by atoms with Crippen molar-refractivity contribution >= 4 is 32.5 Å². The van der Waals surface area contributed by atoms with Crippen molar-refractivity contribution in [2.45, 2.75) is 26.2 Å². The van der Waals surface area contributed by atoms with Gasteiger partial charge in [-0.05, 0) is 45.2 Å². The van der Waals surface area contributed by atoms with E-state index in [1.54, 1.807) is 6.08 Å². The van der Waals surface area contributed by atoms with Gasteiger partial charge < -0.3 is 0 Å². The monoisotopic (exact) mass is 314 g/mol. The number of halogens is 1. The minimum absolute atomic E-state index is 0.179. The van der Waals surface area contributed by atoms with Crippen LogP contribution in [-0.2, 0) is 10.2 Å². The molecule has 0 saturated carbocycles. The molecule has 0 aliphatic heterocycles. The summed E-state index contributed by atoms with van der Waals surface area (Å²) in [6, 6.07) is 8.35. The van der Waals surface area contributed by atoms with Gasteiger partial charge in [-0.3, -0.25) is 4.79 Å². The molecule has 0 aliphatic rings. The number of hydrogen-bond acceptors (Lipinski definition) is 1. The van der Waals surface area contributed by atoms with Gasteiger partial charge in [-0.15, -0.1) is 0 Å². The Balaban J connectivity index is 3.00. The van der Waals surface area contributed by atoms with E-state index >= 15 is 0 Å². The van der Waals surface area contributed by atoms with Crippen LogP contribution in [0.5, 0.6) is 0 Å². The van der Waals surface area contributed by atoms with Crippen molar-refractivity contribution in [3.05, 3.63) is 41.5 Å². The minimum Gasteiger partial charge on any atom is -0.299 e. The molecule has 0 aliphatic carbocycles. The van der Waals surface area contributed by atoms with E-state index in [1.165, 1.54) is 5.56 Å². The summed E-state index contributed by atoms with van der Waals surface area (Å²) in [5.74, 6) is 0. The van der Waals surface area contributed by atoms with E-state index in [9.17, 15) is 4.79 Å². The molecule has 0 saturated heterocycles. The summed E-state index contributed by atoms with van der Waals surface area (Å²) in [6.07, 6.45) is 2.39. The number of carbonyl (C=O) groups is 1. The molecule has 2 heteroatoms. The molecule has 1 aromatic carbocycles. The van der Waals surface area contributed by atoms with Crippen molar-refractivity contribution in [2.24, 2.45) is 0 Å². The molecule has 15 heavy (non-hydrogen) atoms. The first-order valence-electron chi connectivity index (χ1n) is 4.87. The molecular formula is C13H15IO. The van der Waals surface area contributed by atoms with Gasteiger partial charge in [0.15, 0.2) is 0 Å². The van der Waals surface area contributed by atoms with Crippen LogP contribution >= 0.6 is 22.6 Å². The second kappa shape index (κ2) is 4.92. The summed E-state index contributed by atoms with van der Waals surface area (Å²) in [5.41, 5.74) is 2.58. The quantitative estimate of drug-likeness (QED) is 0.459. The number of hydrogen-bond donors (Lipinski definition) is 0. The first kappa shape index (κ1) is 12.4. The summed E-state index contributed by atoms with van der Waals surface area (Å²) < 4.78 is 0.975. The zero-order valence-electron chi connectivity index (χ0n) is 9.25. The molecule has 0 spiro atoms. The molecule has 80 valence electrons. The van der Waals surface area contributed by atoms with Gasteiger partial charge in [-0.1, -0.05) is 45.0 Å². The molecule has 0 bridgehead atoms. The Labute approximate surface area is 105 Å². The van der Waals surface area contributed by atoms with Crippen molar-refractivity contribution < 1.29 is 4.79 Å². The summed E-state index contributed by atoms with van der Waals surface area (Å²) in [4.78, 5) is 10.3. The largest absolute Gasteiger partial charge is 0.299 e. The third kappa shape index (κ3) is 3.45. The van der Waals surface area contributed by atoms with E-state index in [2.05, 4.69) is 67.6 Å². The molecule has 1 nitrogen and oxygen atoms in total. The lowest BCUT2D eigenvalue weighted by atomic mass is 9.87. The molecular weight excluding hydrogens is 299 g/mol. The summed E-state index contributed by atoms with van der Waals surface area (Å²) in [7, 11) is 0. The summed E-state index contributed by atoms with van der Waals surface area (Å²) in [5, 5.41) is 0. The first-order valence-corrected chi connectivity index (χ1v) is 5.95. The number of carbonyl (C=O) groups excluding carboxylic acids is 1. The lowest BCUT2D eigenvalue weighted by Gasteiger charge is -2.19. The molecule has 0 heterocycles. The maximum atomic E-state index is 10.3. The average Bonchev–Trinajstić information content (AvgIpc) is 2.17. The van der Waals surface area contributed by atoms with E-state index in [1.807, 2.05) is 0 Å². The highest BCUT2D eigenvalue weighted by atomic mass is 127. The van der Waals surface area contributed by atoms with Crippen molar-refractivity contribution in [2.75, 3.05) is 0 Å². The SMILES string of the molecule is CC(C)(C)c1ccc(/C(I)=C/C=O)cc1. The number of rotatable bonds is 2. The van der Waals surface area contributed by atoms with Crippen LogP contribution in [0.15, 0.2) is 30.3 Å². The van der Waals surface area contributed by atoms with Crippen molar-refractivity contribution in [3.63, 3.8) is 0 Å². The first-order chi connectivity index (χ1) is 6.95. The van der Waals surface area contributed by atoms with Gasteiger partial charge in [0.2, 0.25) is 0 Å². The zero-order chi connectivity index (χ0) is 11.5. The predicted octanol–water partition coefficient (Wildman–Crippen LogP) is 3.96. The lowest BCUT2D eigenvalue weighted by Crippen LogP contribution is -2.10. The lowest BCUT2D eigenvalue weighted by molar-refractivity contribution is -0.104. The molecule has 0 fully saturated rings. The number of benzene rings is 1. The topological polar surface area (TPSA) is 17.1 Å². The van der Waals surface area contributed by atoms with Gasteiger partial charge in [0.25, 0.3) is 0 Å². The molecule has 0 radical (unpaired) electrons. The van der Waals surface area contributed by atoms with Gasteiger partial charge in [0.1, 0.15) is 6.29 Å². The van der Waals surface area contributed by atoms with Crippen molar-refractivity contribution in [1.82, 2.24) is 0 Å². The smallest absolute Gasteiger partial charge is 0.143 e. The minimum atomic E-state index is 0.179. The van der Waals surface area contributed by atoms with E-state index in [-0.39, 0.29) is 5.41 Å². The van der Waals surface area contributed by atoms with Gasteiger partial charge in [0, 0.05) is 3.58 Å². The molecule has 0 aromatic heterocycles. The maximum absolute atomic E-state index is 10.3. The van der Waals surface area contributed by atoms with Crippen LogP contribution in [0.3, 0.4) is 0 Å². The molecule has 0 unspecified atom stereocenters. The average molecular weight is 314 g/mol. The predicted molar refractivity (Wildman–Crippen MR) is 73.2 cm³/mol. The Hall–Kier alpha value is -0.640. The van der Waals surface area contributed by atoms with Crippen LogP contribution in [0.4, 0.5) is 0 Å². The van der Waals surface area contributed by atoms with Crippen LogP contribution < -0.4 is 0 Å². The summed E-state index contributed by atoms with van der Waals surface area (Å²) >= 11 is 2.17. The van der Waals surface area contributed by atoms with Gasteiger partial charge in [-0.25, -0.2) is 0 Å². The van der Waals surface area contributed by atoms with Crippen LogP contribution in [0.25, 0.3) is 3.58 Å². The fraction of sp³-hybridized carbons (Fsp3) is 0.308. The third-order valence-electron chi connectivity index (χ3n) is 2.24. The van der Waals surface area contributed by atoms with E-state index < -0.39 is 0 Å². The fourth-order valence-electron chi connectivity index (χ4n) is 1.29. The van der Waals surface area contributed by atoms with Crippen molar-refractivity contribution in [1.29, 1.82) is 0 Å².